The lowest BCUT2D eigenvalue weighted by molar-refractivity contribution is 0.0963. The lowest BCUT2D eigenvalue weighted by atomic mass is 10.1. The third-order valence-corrected chi connectivity index (χ3v) is 3.51. The van der Waals surface area contributed by atoms with Crippen LogP contribution in [0.1, 0.15) is 34.1 Å². The van der Waals surface area contributed by atoms with Crippen molar-refractivity contribution >= 4 is 11.6 Å². The van der Waals surface area contributed by atoms with Crippen LogP contribution in [0.25, 0.3) is 0 Å². The summed E-state index contributed by atoms with van der Waals surface area (Å²) in [5.74, 6) is -0.0646. The van der Waals surface area contributed by atoms with Crippen molar-refractivity contribution in [2.75, 3.05) is 12.4 Å². The molecule has 0 unspecified atom stereocenters. The van der Waals surface area contributed by atoms with Gasteiger partial charge in [-0.3, -0.25) is 9.48 Å². The molecule has 0 saturated heterocycles. The van der Waals surface area contributed by atoms with Crippen LogP contribution in [0.5, 0.6) is 0 Å². The number of anilines is 1. The molecule has 2 rings (SSSR count). The maximum Gasteiger partial charge on any atom is 0.251 e. The lowest BCUT2D eigenvalue weighted by Crippen LogP contribution is -2.17. The molecule has 1 amide bonds. The molecule has 0 fully saturated rings. The second-order valence-electron chi connectivity index (χ2n) is 5.09. The number of hydrogen-bond acceptors (Lipinski definition) is 3. The minimum Gasteiger partial charge on any atom is -0.381 e. The minimum atomic E-state index is -0.0646. The van der Waals surface area contributed by atoms with Crippen LogP contribution in [0.4, 0.5) is 5.69 Å². The molecule has 1 heterocycles. The quantitative estimate of drug-likeness (QED) is 0.886. The Morgan fingerprint density at radius 3 is 2.76 bits per heavy atom. The van der Waals surface area contributed by atoms with Gasteiger partial charge in [0.05, 0.1) is 5.69 Å². The molecular formula is C16H22N4O. The topological polar surface area (TPSA) is 59.0 Å². The first kappa shape index (κ1) is 15.1. The van der Waals surface area contributed by atoms with Crippen molar-refractivity contribution in [1.82, 2.24) is 15.1 Å². The van der Waals surface area contributed by atoms with Gasteiger partial charge in [-0.15, -0.1) is 0 Å². The smallest absolute Gasteiger partial charge is 0.251 e. The Labute approximate surface area is 125 Å². The molecule has 0 spiro atoms. The summed E-state index contributed by atoms with van der Waals surface area (Å²) in [7, 11) is 3.57. The standard InChI is InChI=1S/C16H22N4O/c1-5-14-13(10-20(4)19-14)9-18-15-7-6-12(8-11(15)2)16(21)17-3/h6-8,10,18H,5,9H2,1-4H3,(H,17,21). The van der Waals surface area contributed by atoms with Gasteiger partial charge >= 0.3 is 0 Å². The number of nitrogens with zero attached hydrogens (tertiary/aromatic N) is 2. The van der Waals surface area contributed by atoms with Gasteiger partial charge in [0.1, 0.15) is 0 Å². The van der Waals surface area contributed by atoms with Gasteiger partial charge in [-0.2, -0.15) is 5.10 Å². The highest BCUT2D eigenvalue weighted by Gasteiger charge is 2.08. The fraction of sp³-hybridized carbons (Fsp3) is 0.375. The van der Waals surface area contributed by atoms with Gasteiger partial charge in [0, 0.05) is 43.7 Å². The van der Waals surface area contributed by atoms with Crippen LogP contribution in [0.3, 0.4) is 0 Å². The minimum absolute atomic E-state index is 0.0646. The maximum atomic E-state index is 11.6. The van der Waals surface area contributed by atoms with E-state index in [1.807, 2.05) is 43.0 Å². The molecule has 0 saturated carbocycles. The molecule has 1 aromatic carbocycles. The van der Waals surface area contributed by atoms with Crippen LogP contribution < -0.4 is 10.6 Å². The number of carbonyl (C=O) groups excluding carboxylic acids is 1. The third-order valence-electron chi connectivity index (χ3n) is 3.51. The zero-order valence-electron chi connectivity index (χ0n) is 13.0. The number of rotatable bonds is 5. The molecule has 0 bridgehead atoms. The second-order valence-corrected chi connectivity index (χ2v) is 5.09. The monoisotopic (exact) mass is 286 g/mol. The summed E-state index contributed by atoms with van der Waals surface area (Å²) in [5.41, 5.74) is 5.09. The Morgan fingerprint density at radius 2 is 2.14 bits per heavy atom. The molecule has 21 heavy (non-hydrogen) atoms. The first-order valence-corrected chi connectivity index (χ1v) is 7.13. The molecule has 0 atom stereocenters. The fourth-order valence-corrected chi connectivity index (χ4v) is 2.37. The van der Waals surface area contributed by atoms with Gasteiger partial charge in [-0.25, -0.2) is 0 Å². The van der Waals surface area contributed by atoms with E-state index < -0.39 is 0 Å². The van der Waals surface area contributed by atoms with Crippen molar-refractivity contribution in [3.8, 4) is 0 Å². The van der Waals surface area contributed by atoms with Crippen molar-refractivity contribution in [1.29, 1.82) is 0 Å². The predicted molar refractivity (Wildman–Crippen MR) is 84.5 cm³/mol. The third kappa shape index (κ3) is 3.42. The predicted octanol–water partition coefficient (Wildman–Crippen LogP) is 2.26. The van der Waals surface area contributed by atoms with Crippen molar-refractivity contribution in [2.45, 2.75) is 26.8 Å². The van der Waals surface area contributed by atoms with Crippen LogP contribution in [0.15, 0.2) is 24.4 Å². The van der Waals surface area contributed by atoms with E-state index in [0.717, 1.165) is 29.9 Å². The number of hydrogen-bond donors (Lipinski definition) is 2. The lowest BCUT2D eigenvalue weighted by Gasteiger charge is -2.10. The van der Waals surface area contributed by atoms with Crippen molar-refractivity contribution in [3.63, 3.8) is 0 Å². The van der Waals surface area contributed by atoms with Crippen LogP contribution in [-0.2, 0) is 20.0 Å². The summed E-state index contributed by atoms with van der Waals surface area (Å²) in [5, 5.41) is 10.5. The number of amides is 1. The molecule has 0 aliphatic heterocycles. The fourth-order valence-electron chi connectivity index (χ4n) is 2.37. The summed E-state index contributed by atoms with van der Waals surface area (Å²) in [6.07, 6.45) is 2.96. The normalized spacial score (nSPS) is 10.5. The molecule has 5 heteroatoms. The second kappa shape index (κ2) is 6.43. The van der Waals surface area contributed by atoms with Crippen LogP contribution >= 0.6 is 0 Å². The molecule has 5 nitrogen and oxygen atoms in total. The van der Waals surface area contributed by atoms with Gasteiger partial charge in [0.15, 0.2) is 0 Å². The Kier molecular flexibility index (Phi) is 4.62. The molecule has 2 N–H and O–H groups in total. The van der Waals surface area contributed by atoms with Crippen LogP contribution in [0, 0.1) is 6.92 Å². The van der Waals surface area contributed by atoms with E-state index >= 15 is 0 Å². The highest BCUT2D eigenvalue weighted by atomic mass is 16.1. The van der Waals surface area contributed by atoms with E-state index in [0.29, 0.717) is 5.56 Å². The highest BCUT2D eigenvalue weighted by molar-refractivity contribution is 5.94. The molecule has 0 aliphatic rings. The van der Waals surface area contributed by atoms with E-state index in [1.54, 1.807) is 7.05 Å². The maximum absolute atomic E-state index is 11.6. The van der Waals surface area contributed by atoms with Gasteiger partial charge in [-0.05, 0) is 37.1 Å². The molecule has 0 radical (unpaired) electrons. The van der Waals surface area contributed by atoms with E-state index in [4.69, 9.17) is 0 Å². The summed E-state index contributed by atoms with van der Waals surface area (Å²) in [6, 6.07) is 5.67. The number of benzene rings is 1. The summed E-state index contributed by atoms with van der Waals surface area (Å²) in [4.78, 5) is 11.6. The molecule has 1 aromatic heterocycles. The van der Waals surface area contributed by atoms with E-state index in [-0.39, 0.29) is 5.91 Å². The zero-order chi connectivity index (χ0) is 15.4. The summed E-state index contributed by atoms with van der Waals surface area (Å²) >= 11 is 0. The SMILES string of the molecule is CCc1nn(C)cc1CNc1ccc(C(=O)NC)cc1C. The summed E-state index contributed by atoms with van der Waals surface area (Å²) in [6.45, 7) is 4.84. The Bertz CT molecular complexity index is 646. The molecule has 0 aliphatic carbocycles. The van der Waals surface area contributed by atoms with Crippen LogP contribution in [0.2, 0.25) is 0 Å². The molecule has 2 aromatic rings. The van der Waals surface area contributed by atoms with Gasteiger partial charge in [0.2, 0.25) is 0 Å². The van der Waals surface area contributed by atoms with Gasteiger partial charge < -0.3 is 10.6 Å². The zero-order valence-corrected chi connectivity index (χ0v) is 13.0. The van der Waals surface area contributed by atoms with E-state index in [9.17, 15) is 4.79 Å². The van der Waals surface area contributed by atoms with Crippen LogP contribution in [-0.4, -0.2) is 22.7 Å². The average Bonchev–Trinajstić information content (AvgIpc) is 2.85. The number of aryl methyl sites for hydroxylation is 3. The van der Waals surface area contributed by atoms with E-state index in [2.05, 4.69) is 22.7 Å². The average molecular weight is 286 g/mol. The first-order chi connectivity index (χ1) is 10.0. The molecule has 112 valence electrons. The highest BCUT2D eigenvalue weighted by Crippen LogP contribution is 2.18. The largest absolute Gasteiger partial charge is 0.381 e. The van der Waals surface area contributed by atoms with E-state index in [1.165, 1.54) is 5.56 Å². The van der Waals surface area contributed by atoms with Gasteiger partial charge in [0.25, 0.3) is 5.91 Å². The summed E-state index contributed by atoms with van der Waals surface area (Å²) < 4.78 is 1.84. The number of aromatic nitrogens is 2. The number of carbonyl (C=O) groups is 1. The number of nitrogens with one attached hydrogen (secondary N) is 2. The van der Waals surface area contributed by atoms with Crippen molar-refractivity contribution < 1.29 is 4.79 Å². The first-order valence-electron chi connectivity index (χ1n) is 7.13. The molecular weight excluding hydrogens is 264 g/mol. The van der Waals surface area contributed by atoms with Gasteiger partial charge in [-0.1, -0.05) is 6.92 Å². The Morgan fingerprint density at radius 1 is 1.38 bits per heavy atom. The Balaban J connectivity index is 2.11. The van der Waals surface area contributed by atoms with Crippen molar-refractivity contribution in [2.24, 2.45) is 7.05 Å². The van der Waals surface area contributed by atoms with Crippen molar-refractivity contribution in [3.05, 3.63) is 46.8 Å². The Hall–Kier alpha value is -2.30.